The molecule has 2 rings (SSSR count). The van der Waals surface area contributed by atoms with E-state index in [4.69, 9.17) is 10.5 Å². The van der Waals surface area contributed by atoms with Crippen LogP contribution >= 0.6 is 0 Å². The number of ether oxygens (including phenoxy) is 1. The van der Waals surface area contributed by atoms with Crippen molar-refractivity contribution in [3.63, 3.8) is 0 Å². The predicted molar refractivity (Wildman–Crippen MR) is 65.3 cm³/mol. The lowest BCUT2D eigenvalue weighted by Gasteiger charge is -2.37. The van der Waals surface area contributed by atoms with Crippen LogP contribution in [0.2, 0.25) is 0 Å². The molecule has 10 heteroatoms. The zero-order chi connectivity index (χ0) is 15.6. The lowest BCUT2D eigenvalue weighted by Crippen LogP contribution is -2.57. The van der Waals surface area contributed by atoms with Crippen LogP contribution in [0.25, 0.3) is 0 Å². The average molecular weight is 308 g/mol. The summed E-state index contributed by atoms with van der Waals surface area (Å²) in [5, 5.41) is 22.2. The van der Waals surface area contributed by atoms with Gasteiger partial charge in [-0.15, -0.1) is 0 Å². The van der Waals surface area contributed by atoms with E-state index in [1.165, 1.54) is 0 Å². The van der Waals surface area contributed by atoms with Crippen molar-refractivity contribution in [2.75, 3.05) is 18.5 Å². The summed E-state index contributed by atoms with van der Waals surface area (Å²) >= 11 is 0. The molecule has 2 heterocycles. The van der Waals surface area contributed by atoms with Gasteiger partial charge in [0.2, 0.25) is 0 Å². The van der Waals surface area contributed by atoms with E-state index in [0.717, 1.165) is 6.20 Å². The van der Waals surface area contributed by atoms with Crippen LogP contribution < -0.4 is 11.1 Å². The van der Waals surface area contributed by atoms with Gasteiger partial charge in [0.15, 0.2) is 5.69 Å². The van der Waals surface area contributed by atoms with Crippen molar-refractivity contribution >= 4 is 5.82 Å². The maximum atomic E-state index is 12.5. The molecule has 1 saturated heterocycles. The van der Waals surface area contributed by atoms with Crippen LogP contribution in [0.5, 0.6) is 0 Å². The highest BCUT2D eigenvalue weighted by Crippen LogP contribution is 2.28. The van der Waals surface area contributed by atoms with Gasteiger partial charge in [-0.05, 0) is 0 Å². The minimum Gasteiger partial charge on any atom is -0.388 e. The molecule has 1 aliphatic heterocycles. The molecule has 21 heavy (non-hydrogen) atoms. The molecule has 1 aliphatic rings. The Balaban J connectivity index is 2.08. The maximum absolute atomic E-state index is 12.5. The molecule has 0 bridgehead atoms. The lowest BCUT2D eigenvalue weighted by molar-refractivity contribution is -0.141. The van der Waals surface area contributed by atoms with E-state index in [1.54, 1.807) is 0 Å². The minimum atomic E-state index is -4.61. The molecule has 0 spiro atoms. The summed E-state index contributed by atoms with van der Waals surface area (Å²) < 4.78 is 42.8. The van der Waals surface area contributed by atoms with E-state index in [2.05, 4.69) is 15.3 Å². The van der Waals surface area contributed by atoms with Gasteiger partial charge in [-0.1, -0.05) is 0 Å². The van der Waals surface area contributed by atoms with Crippen molar-refractivity contribution in [3.05, 3.63) is 18.1 Å². The second-order valence-electron chi connectivity index (χ2n) is 4.63. The standard InChI is InChI=1S/C11H15F3N4O3/c12-11(13,14)7-2-16-3-8(18-7)17-5-4-21-6(1-15)10(20)9(5)19/h2-3,5-6,9-10,19-20H,1,4,15H2,(H,17,18)/t5-,6+,9+,10-/m0/s1. The zero-order valence-electron chi connectivity index (χ0n) is 10.8. The van der Waals surface area contributed by atoms with Gasteiger partial charge in [-0.2, -0.15) is 13.2 Å². The third-order valence-electron chi connectivity index (χ3n) is 3.12. The molecule has 0 saturated carbocycles. The summed E-state index contributed by atoms with van der Waals surface area (Å²) in [4.78, 5) is 6.81. The number of alkyl halides is 3. The monoisotopic (exact) mass is 308 g/mol. The summed E-state index contributed by atoms with van der Waals surface area (Å²) in [5.41, 5.74) is 4.20. The summed E-state index contributed by atoms with van der Waals surface area (Å²) in [5.74, 6) is -0.170. The van der Waals surface area contributed by atoms with Gasteiger partial charge in [-0.25, -0.2) is 4.98 Å². The SMILES string of the molecule is NC[C@H]1OC[C@H](Nc2cncc(C(F)(F)F)n2)[C@@H](O)[C@H]1O. The smallest absolute Gasteiger partial charge is 0.388 e. The van der Waals surface area contributed by atoms with Gasteiger partial charge in [0.25, 0.3) is 0 Å². The Hall–Kier alpha value is -1.49. The molecule has 0 radical (unpaired) electrons. The number of rotatable bonds is 3. The molecule has 5 N–H and O–H groups in total. The maximum Gasteiger partial charge on any atom is 0.434 e. The highest BCUT2D eigenvalue weighted by atomic mass is 19.4. The number of nitrogens with one attached hydrogen (secondary N) is 1. The molecule has 0 amide bonds. The van der Waals surface area contributed by atoms with Crippen LogP contribution in [-0.4, -0.2) is 57.7 Å². The molecule has 0 aliphatic carbocycles. The quantitative estimate of drug-likeness (QED) is 0.587. The van der Waals surface area contributed by atoms with Gasteiger partial charge in [0, 0.05) is 6.54 Å². The van der Waals surface area contributed by atoms with Crippen LogP contribution in [0, 0.1) is 0 Å². The Labute approximate surface area is 118 Å². The van der Waals surface area contributed by atoms with E-state index < -0.39 is 36.2 Å². The van der Waals surface area contributed by atoms with Gasteiger partial charge in [0.05, 0.1) is 31.1 Å². The van der Waals surface area contributed by atoms with Gasteiger partial charge in [0.1, 0.15) is 18.0 Å². The molecular formula is C11H15F3N4O3. The van der Waals surface area contributed by atoms with E-state index in [-0.39, 0.29) is 19.0 Å². The number of aliphatic hydroxyl groups is 2. The number of aromatic nitrogens is 2. The fourth-order valence-electron chi connectivity index (χ4n) is 1.98. The summed E-state index contributed by atoms with van der Waals surface area (Å²) in [6.45, 7) is -0.00761. The normalized spacial score (nSPS) is 30.2. The van der Waals surface area contributed by atoms with Crippen LogP contribution in [-0.2, 0) is 10.9 Å². The number of anilines is 1. The summed E-state index contributed by atoms with van der Waals surface area (Å²) in [6, 6.07) is -0.819. The van der Waals surface area contributed by atoms with Crippen molar-refractivity contribution in [1.29, 1.82) is 0 Å². The van der Waals surface area contributed by atoms with Crippen LogP contribution in [0.15, 0.2) is 12.4 Å². The van der Waals surface area contributed by atoms with Crippen molar-refractivity contribution in [2.24, 2.45) is 5.73 Å². The summed E-state index contributed by atoms with van der Waals surface area (Å²) in [7, 11) is 0. The third-order valence-corrected chi connectivity index (χ3v) is 3.12. The summed E-state index contributed by atoms with van der Waals surface area (Å²) in [6.07, 6.45) is -6.13. The fourth-order valence-corrected chi connectivity index (χ4v) is 1.98. The molecule has 0 aromatic carbocycles. The fraction of sp³-hybridized carbons (Fsp3) is 0.636. The van der Waals surface area contributed by atoms with E-state index in [1.807, 2.05) is 0 Å². The van der Waals surface area contributed by atoms with Crippen molar-refractivity contribution in [2.45, 2.75) is 30.5 Å². The molecular weight excluding hydrogens is 293 g/mol. The first kappa shape index (κ1) is 15.9. The number of halogens is 3. The van der Waals surface area contributed by atoms with Crippen LogP contribution in [0.3, 0.4) is 0 Å². The first-order valence-corrected chi connectivity index (χ1v) is 6.16. The van der Waals surface area contributed by atoms with Gasteiger partial charge < -0.3 is 26.0 Å². The van der Waals surface area contributed by atoms with Gasteiger partial charge >= 0.3 is 6.18 Å². The molecule has 1 aromatic heterocycles. The van der Waals surface area contributed by atoms with E-state index in [0.29, 0.717) is 6.20 Å². The predicted octanol–water partition coefficient (Wildman–Crippen LogP) is -0.645. The van der Waals surface area contributed by atoms with Gasteiger partial charge in [-0.3, -0.25) is 4.98 Å². The average Bonchev–Trinajstić information content (AvgIpc) is 2.44. The second-order valence-corrected chi connectivity index (χ2v) is 4.63. The number of nitrogens with two attached hydrogens (primary N) is 1. The Bertz CT molecular complexity index is 488. The Morgan fingerprint density at radius 2 is 2.05 bits per heavy atom. The minimum absolute atomic E-state index is 0.0221. The molecule has 4 atom stereocenters. The van der Waals surface area contributed by atoms with E-state index in [9.17, 15) is 23.4 Å². The second kappa shape index (κ2) is 6.10. The third kappa shape index (κ3) is 3.59. The topological polar surface area (TPSA) is 114 Å². The number of aliphatic hydroxyl groups excluding tert-OH is 2. The first-order valence-electron chi connectivity index (χ1n) is 6.16. The Morgan fingerprint density at radius 3 is 2.67 bits per heavy atom. The lowest BCUT2D eigenvalue weighted by atomic mass is 9.98. The Morgan fingerprint density at radius 1 is 1.33 bits per heavy atom. The number of hydrogen-bond acceptors (Lipinski definition) is 7. The van der Waals surface area contributed by atoms with Crippen molar-refractivity contribution in [1.82, 2.24) is 9.97 Å². The highest BCUT2D eigenvalue weighted by Gasteiger charge is 2.38. The van der Waals surface area contributed by atoms with Crippen LogP contribution in [0.1, 0.15) is 5.69 Å². The zero-order valence-corrected chi connectivity index (χ0v) is 10.8. The van der Waals surface area contributed by atoms with Crippen molar-refractivity contribution in [3.8, 4) is 0 Å². The van der Waals surface area contributed by atoms with Crippen molar-refractivity contribution < 1.29 is 28.1 Å². The Kier molecular flexibility index (Phi) is 4.61. The van der Waals surface area contributed by atoms with Crippen LogP contribution in [0.4, 0.5) is 19.0 Å². The molecule has 0 unspecified atom stereocenters. The van der Waals surface area contributed by atoms with E-state index >= 15 is 0 Å². The number of nitrogens with zero attached hydrogens (tertiary/aromatic N) is 2. The number of hydrogen-bond donors (Lipinski definition) is 4. The first-order chi connectivity index (χ1) is 9.82. The largest absolute Gasteiger partial charge is 0.434 e. The highest BCUT2D eigenvalue weighted by molar-refractivity contribution is 5.34. The molecule has 7 nitrogen and oxygen atoms in total. The molecule has 1 aromatic rings. The molecule has 118 valence electrons. The molecule has 1 fully saturated rings.